The van der Waals surface area contributed by atoms with Gasteiger partial charge in [0.15, 0.2) is 0 Å². The number of rotatable bonds is 8. The van der Waals surface area contributed by atoms with E-state index in [1.54, 1.807) is 6.07 Å². The molecule has 1 saturated heterocycles. The predicted octanol–water partition coefficient (Wildman–Crippen LogP) is 4.36. The third-order valence-electron chi connectivity index (χ3n) is 4.14. The highest BCUT2D eigenvalue weighted by Crippen LogP contribution is 2.32. The molecule has 1 fully saturated rings. The van der Waals surface area contributed by atoms with Gasteiger partial charge in [-0.05, 0) is 44.5 Å². The minimum atomic E-state index is 0.591. The van der Waals surface area contributed by atoms with Gasteiger partial charge in [-0.2, -0.15) is 0 Å². The second kappa shape index (κ2) is 8.97. The predicted molar refractivity (Wildman–Crippen MR) is 94.2 cm³/mol. The molecule has 1 unspecified atom stereocenters. The normalized spacial score (nSPS) is 18.8. The van der Waals surface area contributed by atoms with Crippen LogP contribution in [0.15, 0.2) is 12.1 Å². The molecule has 5 heteroatoms. The summed E-state index contributed by atoms with van der Waals surface area (Å²) < 4.78 is 5.80. The van der Waals surface area contributed by atoms with E-state index in [4.69, 9.17) is 27.9 Å². The second-order valence-electron chi connectivity index (χ2n) is 5.78. The van der Waals surface area contributed by atoms with Crippen molar-refractivity contribution in [3.63, 3.8) is 0 Å². The Kier molecular flexibility index (Phi) is 7.29. The second-order valence-corrected chi connectivity index (χ2v) is 6.62. The number of nitrogens with one attached hydrogen (secondary N) is 1. The van der Waals surface area contributed by atoms with Crippen LogP contribution in [0.1, 0.15) is 38.7 Å². The molecular weight excluding hydrogens is 319 g/mol. The van der Waals surface area contributed by atoms with Crippen molar-refractivity contribution in [3.05, 3.63) is 27.7 Å². The fourth-order valence-corrected chi connectivity index (χ4v) is 3.62. The van der Waals surface area contributed by atoms with E-state index in [1.807, 2.05) is 6.07 Å². The van der Waals surface area contributed by atoms with Gasteiger partial charge in [0.25, 0.3) is 0 Å². The third kappa shape index (κ3) is 4.76. The first-order chi connectivity index (χ1) is 10.7. The van der Waals surface area contributed by atoms with Crippen LogP contribution in [0.5, 0.6) is 5.75 Å². The van der Waals surface area contributed by atoms with Crippen LogP contribution < -0.4 is 10.1 Å². The number of halogens is 2. The lowest BCUT2D eigenvalue weighted by Gasteiger charge is -2.23. The number of likely N-dealkylation sites (tertiary alicyclic amines) is 1. The standard InChI is InChI=1S/C17H26Cl2N2O/c1-3-8-22-17-13(9-14(18)10-16(17)19)11-20-12-15-6-5-7-21(15)4-2/h9-10,15,20H,3-8,11-12H2,1-2H3. The first-order valence-corrected chi connectivity index (χ1v) is 8.96. The lowest BCUT2D eigenvalue weighted by Crippen LogP contribution is -2.37. The van der Waals surface area contributed by atoms with Crippen molar-refractivity contribution in [3.8, 4) is 5.75 Å². The fraction of sp³-hybridized carbons (Fsp3) is 0.647. The van der Waals surface area contributed by atoms with E-state index in [1.165, 1.54) is 19.4 Å². The van der Waals surface area contributed by atoms with Crippen LogP contribution in [-0.2, 0) is 6.54 Å². The summed E-state index contributed by atoms with van der Waals surface area (Å²) >= 11 is 12.4. The molecule has 124 valence electrons. The Hall–Kier alpha value is -0.480. The minimum absolute atomic E-state index is 0.591. The fourth-order valence-electron chi connectivity index (χ4n) is 3.03. The average Bonchev–Trinajstić information content (AvgIpc) is 2.94. The van der Waals surface area contributed by atoms with Gasteiger partial charge in [0, 0.05) is 29.7 Å². The lowest BCUT2D eigenvalue weighted by atomic mass is 10.1. The SMILES string of the molecule is CCCOc1c(Cl)cc(Cl)cc1CNCC1CCCN1CC. The van der Waals surface area contributed by atoms with Crippen LogP contribution in [0.4, 0.5) is 0 Å². The molecule has 0 radical (unpaired) electrons. The number of hydrogen-bond donors (Lipinski definition) is 1. The highest BCUT2D eigenvalue weighted by molar-refractivity contribution is 6.35. The summed E-state index contributed by atoms with van der Waals surface area (Å²) in [6.07, 6.45) is 3.53. The Morgan fingerprint density at radius 1 is 1.32 bits per heavy atom. The summed E-state index contributed by atoms with van der Waals surface area (Å²) in [5, 5.41) is 4.79. The Morgan fingerprint density at radius 3 is 2.86 bits per heavy atom. The van der Waals surface area contributed by atoms with Crippen molar-refractivity contribution in [1.29, 1.82) is 0 Å². The van der Waals surface area contributed by atoms with Crippen LogP contribution in [0.3, 0.4) is 0 Å². The number of nitrogens with zero attached hydrogens (tertiary/aromatic N) is 1. The van der Waals surface area contributed by atoms with Gasteiger partial charge >= 0.3 is 0 Å². The summed E-state index contributed by atoms with van der Waals surface area (Å²) in [5.74, 6) is 0.763. The van der Waals surface area contributed by atoms with Crippen molar-refractivity contribution in [2.75, 3.05) is 26.2 Å². The van der Waals surface area contributed by atoms with E-state index < -0.39 is 0 Å². The van der Waals surface area contributed by atoms with Crippen LogP contribution in [-0.4, -0.2) is 37.2 Å². The summed E-state index contributed by atoms with van der Waals surface area (Å²) in [6, 6.07) is 4.32. The number of hydrogen-bond acceptors (Lipinski definition) is 3. The van der Waals surface area contributed by atoms with Gasteiger partial charge in [-0.25, -0.2) is 0 Å². The maximum absolute atomic E-state index is 6.28. The smallest absolute Gasteiger partial charge is 0.142 e. The molecule has 1 N–H and O–H groups in total. The molecule has 0 saturated carbocycles. The van der Waals surface area contributed by atoms with Gasteiger partial charge in [-0.15, -0.1) is 0 Å². The topological polar surface area (TPSA) is 24.5 Å². The number of benzene rings is 1. The molecule has 1 atom stereocenters. The molecule has 1 aliphatic rings. The first kappa shape index (κ1) is 17.9. The van der Waals surface area contributed by atoms with E-state index >= 15 is 0 Å². The molecule has 1 aromatic carbocycles. The monoisotopic (exact) mass is 344 g/mol. The van der Waals surface area contributed by atoms with Crippen molar-refractivity contribution in [2.24, 2.45) is 0 Å². The van der Waals surface area contributed by atoms with Crippen LogP contribution >= 0.6 is 23.2 Å². The zero-order chi connectivity index (χ0) is 15.9. The average molecular weight is 345 g/mol. The Balaban J connectivity index is 1.96. The van der Waals surface area contributed by atoms with Gasteiger partial charge in [0.05, 0.1) is 11.6 Å². The van der Waals surface area contributed by atoms with Crippen molar-refractivity contribution in [1.82, 2.24) is 10.2 Å². The Labute approximate surface area is 143 Å². The molecule has 1 aromatic rings. The Bertz CT molecular complexity index is 482. The molecular formula is C17H26Cl2N2O. The van der Waals surface area contributed by atoms with E-state index in [2.05, 4.69) is 24.1 Å². The zero-order valence-corrected chi connectivity index (χ0v) is 15.0. The maximum atomic E-state index is 6.28. The highest BCUT2D eigenvalue weighted by Gasteiger charge is 2.22. The van der Waals surface area contributed by atoms with Gasteiger partial charge < -0.3 is 10.1 Å². The maximum Gasteiger partial charge on any atom is 0.142 e. The summed E-state index contributed by atoms with van der Waals surface area (Å²) in [7, 11) is 0. The number of likely N-dealkylation sites (N-methyl/N-ethyl adjacent to an activating group) is 1. The molecule has 0 aromatic heterocycles. The summed E-state index contributed by atoms with van der Waals surface area (Å²) in [5.41, 5.74) is 1.03. The molecule has 3 nitrogen and oxygen atoms in total. The molecule has 1 aliphatic heterocycles. The third-order valence-corrected chi connectivity index (χ3v) is 4.64. The summed E-state index contributed by atoms with van der Waals surface area (Å²) in [6.45, 7) is 9.04. The van der Waals surface area contributed by atoms with Crippen molar-refractivity contribution < 1.29 is 4.74 Å². The first-order valence-electron chi connectivity index (χ1n) is 8.21. The molecule has 0 bridgehead atoms. The lowest BCUT2D eigenvalue weighted by molar-refractivity contribution is 0.259. The van der Waals surface area contributed by atoms with Crippen molar-refractivity contribution >= 4 is 23.2 Å². The van der Waals surface area contributed by atoms with E-state index in [9.17, 15) is 0 Å². The molecule has 0 spiro atoms. The largest absolute Gasteiger partial charge is 0.492 e. The van der Waals surface area contributed by atoms with Gasteiger partial charge in [0.2, 0.25) is 0 Å². The van der Waals surface area contributed by atoms with Crippen molar-refractivity contribution in [2.45, 2.75) is 45.7 Å². The molecule has 1 heterocycles. The molecule has 22 heavy (non-hydrogen) atoms. The molecule has 0 aliphatic carbocycles. The van der Waals surface area contributed by atoms with Crippen LogP contribution in [0.2, 0.25) is 10.0 Å². The van der Waals surface area contributed by atoms with Crippen LogP contribution in [0, 0.1) is 0 Å². The molecule has 0 amide bonds. The summed E-state index contributed by atoms with van der Waals surface area (Å²) in [4.78, 5) is 2.53. The zero-order valence-electron chi connectivity index (χ0n) is 13.5. The van der Waals surface area contributed by atoms with E-state index in [-0.39, 0.29) is 0 Å². The van der Waals surface area contributed by atoms with E-state index in [0.29, 0.717) is 22.7 Å². The molecule has 2 rings (SSSR count). The van der Waals surface area contributed by atoms with E-state index in [0.717, 1.165) is 37.4 Å². The van der Waals surface area contributed by atoms with Crippen LogP contribution in [0.25, 0.3) is 0 Å². The quantitative estimate of drug-likeness (QED) is 0.758. The van der Waals surface area contributed by atoms with Gasteiger partial charge in [0.1, 0.15) is 5.75 Å². The highest BCUT2D eigenvalue weighted by atomic mass is 35.5. The number of ether oxygens (including phenoxy) is 1. The minimum Gasteiger partial charge on any atom is -0.492 e. The Morgan fingerprint density at radius 2 is 2.14 bits per heavy atom. The van der Waals surface area contributed by atoms with Gasteiger partial charge in [-0.3, -0.25) is 4.90 Å². The van der Waals surface area contributed by atoms with Gasteiger partial charge in [-0.1, -0.05) is 37.0 Å².